The molecule has 2 aromatic rings. The van der Waals surface area contributed by atoms with Crippen LogP contribution >= 0.6 is 0 Å². The minimum atomic E-state index is -1.30. The van der Waals surface area contributed by atoms with E-state index < -0.39 is 5.97 Å². The summed E-state index contributed by atoms with van der Waals surface area (Å²) in [5, 5.41) is 31.1. The van der Waals surface area contributed by atoms with Gasteiger partial charge in [-0.15, -0.1) is 0 Å². The number of aromatic nitrogens is 2. The molecule has 0 spiro atoms. The molecule has 0 radical (unpaired) electrons. The lowest BCUT2D eigenvalue weighted by Crippen LogP contribution is -1.97. The predicted octanol–water partition coefficient (Wildman–Crippen LogP) is 2.46. The Morgan fingerprint density at radius 2 is 2.08 bits per heavy atom. The van der Waals surface area contributed by atoms with E-state index in [2.05, 4.69) is 5.10 Å². The lowest BCUT2D eigenvalue weighted by molar-refractivity contribution is -0.132. The van der Waals surface area contributed by atoms with Crippen molar-refractivity contribution >= 4 is 12.0 Å². The molecule has 0 saturated heterocycles. The number of nitriles is 2. The van der Waals surface area contributed by atoms with Crippen molar-refractivity contribution in [3.05, 3.63) is 41.6 Å². The predicted molar refractivity (Wildman–Crippen MR) is 85.7 cm³/mol. The Bertz CT molecular complexity index is 851. The van der Waals surface area contributed by atoms with Gasteiger partial charge in [-0.3, -0.25) is 4.68 Å². The van der Waals surface area contributed by atoms with Crippen LogP contribution in [0.5, 0.6) is 5.75 Å². The van der Waals surface area contributed by atoms with Gasteiger partial charge < -0.3 is 9.84 Å². The van der Waals surface area contributed by atoms with E-state index in [1.54, 1.807) is 48.3 Å². The van der Waals surface area contributed by atoms with E-state index in [-0.39, 0.29) is 12.0 Å². The maximum absolute atomic E-state index is 11.1. The van der Waals surface area contributed by atoms with Crippen LogP contribution in [0, 0.1) is 22.7 Å². The maximum Gasteiger partial charge on any atom is 0.346 e. The normalized spacial score (nSPS) is 10.7. The molecule has 0 amide bonds. The molecule has 1 heterocycles. The van der Waals surface area contributed by atoms with Gasteiger partial charge in [0.1, 0.15) is 17.4 Å². The van der Waals surface area contributed by atoms with Crippen molar-refractivity contribution in [3.8, 4) is 29.1 Å². The van der Waals surface area contributed by atoms with E-state index >= 15 is 0 Å². The van der Waals surface area contributed by atoms with Gasteiger partial charge in [-0.25, -0.2) is 4.79 Å². The number of carbonyl (C=O) groups is 1. The number of nitrogens with zero attached hydrogens (tertiary/aromatic N) is 4. The van der Waals surface area contributed by atoms with Gasteiger partial charge in [-0.05, 0) is 30.3 Å². The van der Waals surface area contributed by atoms with Crippen molar-refractivity contribution in [2.75, 3.05) is 7.11 Å². The van der Waals surface area contributed by atoms with E-state index in [0.29, 0.717) is 23.6 Å². The van der Waals surface area contributed by atoms with Gasteiger partial charge in [0.15, 0.2) is 0 Å². The summed E-state index contributed by atoms with van der Waals surface area (Å²) >= 11 is 0. The summed E-state index contributed by atoms with van der Waals surface area (Å²) in [4.78, 5) is 11.1. The number of methoxy groups -OCH3 is 1. The molecule has 0 unspecified atom stereocenters. The fraction of sp³-hybridized carbons (Fsp3) is 0.176. The molecule has 1 aromatic heterocycles. The highest BCUT2D eigenvalue weighted by Crippen LogP contribution is 2.26. The summed E-state index contributed by atoms with van der Waals surface area (Å²) in [5.74, 6) is -0.619. The standard InChI is InChI=1S/C17H14N4O3/c1-24-15-5-3-12(4-6-15)16-14(9-13(10-19)17(22)23)11-21(20-16)8-2-7-18/h3-6,9,11H,2,8H2,1H3,(H,22,23)/b13-9+. The molecule has 0 aliphatic carbocycles. The van der Waals surface area contributed by atoms with Gasteiger partial charge in [0, 0.05) is 17.3 Å². The molecule has 0 atom stereocenters. The highest BCUT2D eigenvalue weighted by Gasteiger charge is 2.13. The van der Waals surface area contributed by atoms with Crippen LogP contribution in [0.2, 0.25) is 0 Å². The number of benzene rings is 1. The van der Waals surface area contributed by atoms with Crippen molar-refractivity contribution in [2.24, 2.45) is 0 Å². The van der Waals surface area contributed by atoms with E-state index in [9.17, 15) is 4.79 Å². The first-order chi connectivity index (χ1) is 11.6. The highest BCUT2D eigenvalue weighted by molar-refractivity contribution is 5.97. The Morgan fingerprint density at radius 3 is 2.62 bits per heavy atom. The number of aliphatic carboxylic acids is 1. The Balaban J connectivity index is 2.51. The summed E-state index contributed by atoms with van der Waals surface area (Å²) in [7, 11) is 1.56. The smallest absolute Gasteiger partial charge is 0.346 e. The zero-order valence-corrected chi connectivity index (χ0v) is 12.9. The van der Waals surface area contributed by atoms with Crippen molar-refractivity contribution in [2.45, 2.75) is 13.0 Å². The van der Waals surface area contributed by atoms with Gasteiger partial charge in [-0.2, -0.15) is 15.6 Å². The summed E-state index contributed by atoms with van der Waals surface area (Å²) in [6, 6.07) is 10.8. The topological polar surface area (TPSA) is 112 Å². The largest absolute Gasteiger partial charge is 0.497 e. The summed E-state index contributed by atoms with van der Waals surface area (Å²) in [6.45, 7) is 0.377. The van der Waals surface area contributed by atoms with Crippen LogP contribution < -0.4 is 4.74 Å². The Morgan fingerprint density at radius 1 is 1.38 bits per heavy atom. The van der Waals surface area contributed by atoms with Crippen molar-refractivity contribution in [1.29, 1.82) is 10.5 Å². The first-order valence-corrected chi connectivity index (χ1v) is 7.03. The SMILES string of the molecule is COc1ccc(-c2nn(CCC#N)cc2/C=C(\C#N)C(=O)O)cc1. The summed E-state index contributed by atoms with van der Waals surface area (Å²) < 4.78 is 6.67. The van der Waals surface area contributed by atoms with Crippen LogP contribution in [-0.2, 0) is 11.3 Å². The zero-order valence-electron chi connectivity index (χ0n) is 12.9. The molecular weight excluding hydrogens is 308 g/mol. The molecule has 120 valence electrons. The molecule has 1 N–H and O–H groups in total. The first-order valence-electron chi connectivity index (χ1n) is 7.03. The number of hydrogen-bond donors (Lipinski definition) is 1. The fourth-order valence-corrected chi connectivity index (χ4v) is 2.09. The molecular formula is C17H14N4O3. The molecule has 7 heteroatoms. The molecule has 2 rings (SSSR count). The lowest BCUT2D eigenvalue weighted by atomic mass is 10.1. The van der Waals surface area contributed by atoms with Crippen LogP contribution in [0.1, 0.15) is 12.0 Å². The minimum Gasteiger partial charge on any atom is -0.497 e. The zero-order chi connectivity index (χ0) is 17.5. The minimum absolute atomic E-state index is 0.275. The maximum atomic E-state index is 11.1. The molecule has 0 saturated carbocycles. The van der Waals surface area contributed by atoms with Crippen molar-refractivity contribution in [1.82, 2.24) is 9.78 Å². The average molecular weight is 322 g/mol. The lowest BCUT2D eigenvalue weighted by Gasteiger charge is -2.02. The van der Waals surface area contributed by atoms with Crippen molar-refractivity contribution < 1.29 is 14.6 Å². The molecule has 0 bridgehead atoms. The summed E-state index contributed by atoms with van der Waals surface area (Å²) in [5.41, 5.74) is 1.40. The number of carboxylic acids is 1. The Labute approximate surface area is 138 Å². The van der Waals surface area contributed by atoms with E-state index in [0.717, 1.165) is 5.56 Å². The molecule has 24 heavy (non-hydrogen) atoms. The monoisotopic (exact) mass is 322 g/mol. The third-order valence-electron chi connectivity index (χ3n) is 3.26. The van der Waals surface area contributed by atoms with Crippen molar-refractivity contribution in [3.63, 3.8) is 0 Å². The molecule has 0 aliphatic heterocycles. The number of hydrogen-bond acceptors (Lipinski definition) is 5. The number of ether oxygens (including phenoxy) is 1. The third-order valence-corrected chi connectivity index (χ3v) is 3.26. The van der Waals surface area contributed by atoms with Crippen LogP contribution in [-0.4, -0.2) is 28.0 Å². The average Bonchev–Trinajstić information content (AvgIpc) is 3.00. The number of carboxylic acid groups (broad SMARTS) is 1. The van der Waals surface area contributed by atoms with E-state index in [1.165, 1.54) is 6.08 Å². The van der Waals surface area contributed by atoms with Crippen LogP contribution in [0.15, 0.2) is 36.0 Å². The quantitative estimate of drug-likeness (QED) is 0.646. The van der Waals surface area contributed by atoms with E-state index in [4.69, 9.17) is 20.4 Å². The second-order valence-electron chi connectivity index (χ2n) is 4.81. The second kappa shape index (κ2) is 7.61. The van der Waals surface area contributed by atoms with Gasteiger partial charge in [0.25, 0.3) is 0 Å². The fourth-order valence-electron chi connectivity index (χ4n) is 2.09. The van der Waals surface area contributed by atoms with Crippen LogP contribution in [0.25, 0.3) is 17.3 Å². The van der Waals surface area contributed by atoms with Crippen LogP contribution in [0.3, 0.4) is 0 Å². The van der Waals surface area contributed by atoms with E-state index in [1.807, 2.05) is 6.07 Å². The molecule has 0 aliphatic rings. The summed E-state index contributed by atoms with van der Waals surface area (Å²) in [6.07, 6.45) is 3.17. The molecule has 0 fully saturated rings. The Hall–Kier alpha value is -3.58. The van der Waals surface area contributed by atoms with Crippen LogP contribution in [0.4, 0.5) is 0 Å². The molecule has 7 nitrogen and oxygen atoms in total. The molecule has 1 aromatic carbocycles. The number of aryl methyl sites for hydroxylation is 1. The van der Waals surface area contributed by atoms with Gasteiger partial charge in [0.05, 0.1) is 31.8 Å². The Kier molecular flexibility index (Phi) is 5.32. The highest BCUT2D eigenvalue weighted by atomic mass is 16.5. The van der Waals surface area contributed by atoms with Gasteiger partial charge in [-0.1, -0.05) is 0 Å². The second-order valence-corrected chi connectivity index (χ2v) is 4.81. The number of rotatable bonds is 6. The third kappa shape index (κ3) is 3.79. The van der Waals surface area contributed by atoms with Gasteiger partial charge in [0.2, 0.25) is 0 Å². The van der Waals surface area contributed by atoms with Gasteiger partial charge >= 0.3 is 5.97 Å². The first kappa shape index (κ1) is 16.8.